The monoisotopic (exact) mass is 487 g/mol. The van der Waals surface area contributed by atoms with E-state index in [9.17, 15) is 19.2 Å². The second-order valence-corrected chi connectivity index (χ2v) is 9.44. The number of amides is 4. The molecule has 2 N–H and O–H groups in total. The molecule has 1 aromatic carbocycles. The molecule has 192 valence electrons. The maximum Gasteiger partial charge on any atom is 0.328 e. The molecule has 0 spiro atoms. The van der Waals surface area contributed by atoms with Gasteiger partial charge in [0.1, 0.15) is 12.1 Å². The van der Waals surface area contributed by atoms with Crippen molar-refractivity contribution in [2.24, 2.45) is 0 Å². The summed E-state index contributed by atoms with van der Waals surface area (Å²) in [5.74, 6) is -1.29. The van der Waals surface area contributed by atoms with Crippen molar-refractivity contribution in [2.45, 2.75) is 57.2 Å². The standard InChI is InChI=1S/C25H37N5O5/c1-17(24(33)35-4)26-22(31)21-16-29(23(32)18-10-12-20(13-11-18)28(2)3)14-15-30(21)25(34)27-19-8-6-5-7-9-19/h10-13,17,19,21H,5-9,14-16H2,1-4H3,(H,26,31)(H,27,34). The highest BCUT2D eigenvalue weighted by Crippen LogP contribution is 2.20. The number of anilines is 1. The normalized spacial score (nSPS) is 19.5. The predicted octanol–water partition coefficient (Wildman–Crippen LogP) is 1.60. The average molecular weight is 488 g/mol. The van der Waals surface area contributed by atoms with Crippen molar-refractivity contribution in [3.8, 4) is 0 Å². The van der Waals surface area contributed by atoms with Crippen LogP contribution in [-0.4, -0.2) is 92.6 Å². The number of urea groups is 1. The van der Waals surface area contributed by atoms with Crippen LogP contribution < -0.4 is 15.5 Å². The van der Waals surface area contributed by atoms with Crippen molar-refractivity contribution in [3.05, 3.63) is 29.8 Å². The number of ether oxygens (including phenoxy) is 1. The first-order valence-corrected chi connectivity index (χ1v) is 12.2. The van der Waals surface area contributed by atoms with E-state index in [0.717, 1.165) is 31.4 Å². The second kappa shape index (κ2) is 11.9. The number of hydrogen-bond acceptors (Lipinski definition) is 6. The summed E-state index contributed by atoms with van der Waals surface area (Å²) in [4.78, 5) is 56.4. The second-order valence-electron chi connectivity index (χ2n) is 9.44. The number of esters is 1. The Balaban J connectivity index is 1.75. The zero-order chi connectivity index (χ0) is 25.5. The van der Waals surface area contributed by atoms with Crippen LogP contribution >= 0.6 is 0 Å². The molecule has 1 aliphatic heterocycles. The number of hydrogen-bond donors (Lipinski definition) is 2. The van der Waals surface area contributed by atoms with Gasteiger partial charge >= 0.3 is 12.0 Å². The van der Waals surface area contributed by atoms with E-state index < -0.39 is 24.0 Å². The Kier molecular flexibility index (Phi) is 8.95. The molecule has 1 aliphatic carbocycles. The van der Waals surface area contributed by atoms with Gasteiger partial charge in [0.05, 0.1) is 13.7 Å². The molecule has 2 fully saturated rings. The number of carbonyl (C=O) groups is 4. The van der Waals surface area contributed by atoms with Crippen molar-refractivity contribution in [2.75, 3.05) is 45.7 Å². The van der Waals surface area contributed by atoms with Gasteiger partial charge in [-0.3, -0.25) is 9.59 Å². The molecule has 2 atom stereocenters. The predicted molar refractivity (Wildman–Crippen MR) is 132 cm³/mol. The molecule has 1 heterocycles. The quantitative estimate of drug-likeness (QED) is 0.590. The Morgan fingerprint density at radius 2 is 1.69 bits per heavy atom. The van der Waals surface area contributed by atoms with E-state index in [1.165, 1.54) is 25.4 Å². The molecule has 1 saturated heterocycles. The Labute approximate surface area is 206 Å². The Hall–Kier alpha value is -3.30. The first kappa shape index (κ1) is 26.3. The molecule has 1 saturated carbocycles. The Morgan fingerprint density at radius 3 is 2.29 bits per heavy atom. The first-order valence-electron chi connectivity index (χ1n) is 12.2. The van der Waals surface area contributed by atoms with Gasteiger partial charge in [-0.1, -0.05) is 19.3 Å². The highest BCUT2D eigenvalue weighted by atomic mass is 16.5. The lowest BCUT2D eigenvalue weighted by atomic mass is 9.95. The van der Waals surface area contributed by atoms with Crippen molar-refractivity contribution in [1.82, 2.24) is 20.4 Å². The first-order chi connectivity index (χ1) is 16.7. The highest BCUT2D eigenvalue weighted by Gasteiger charge is 2.38. The van der Waals surface area contributed by atoms with Crippen LogP contribution in [0.5, 0.6) is 0 Å². The van der Waals surface area contributed by atoms with Gasteiger partial charge in [-0.05, 0) is 44.0 Å². The van der Waals surface area contributed by atoms with E-state index in [4.69, 9.17) is 4.74 Å². The van der Waals surface area contributed by atoms with E-state index >= 15 is 0 Å². The van der Waals surface area contributed by atoms with Gasteiger partial charge in [0.15, 0.2) is 0 Å². The van der Waals surface area contributed by atoms with Crippen molar-refractivity contribution >= 4 is 29.5 Å². The van der Waals surface area contributed by atoms with Crippen LogP contribution in [-0.2, 0) is 14.3 Å². The maximum atomic E-state index is 13.2. The summed E-state index contributed by atoms with van der Waals surface area (Å²) < 4.78 is 4.70. The Morgan fingerprint density at radius 1 is 1.03 bits per heavy atom. The van der Waals surface area contributed by atoms with Crippen molar-refractivity contribution in [3.63, 3.8) is 0 Å². The zero-order valence-corrected chi connectivity index (χ0v) is 21.1. The lowest BCUT2D eigenvalue weighted by molar-refractivity contribution is -0.145. The van der Waals surface area contributed by atoms with E-state index in [1.54, 1.807) is 17.0 Å². The van der Waals surface area contributed by atoms with Crippen molar-refractivity contribution < 1.29 is 23.9 Å². The van der Waals surface area contributed by atoms with Gasteiger partial charge in [-0.2, -0.15) is 0 Å². The summed E-state index contributed by atoms with van der Waals surface area (Å²) in [6.45, 7) is 2.08. The number of carbonyl (C=O) groups excluding carboxylic acids is 4. The van der Waals surface area contributed by atoms with Crippen LogP contribution in [0, 0.1) is 0 Å². The van der Waals surface area contributed by atoms with Crippen LogP contribution in [0.25, 0.3) is 0 Å². The van der Waals surface area contributed by atoms with E-state index in [0.29, 0.717) is 12.1 Å². The average Bonchev–Trinajstić information content (AvgIpc) is 2.87. The summed E-state index contributed by atoms with van der Waals surface area (Å²) in [7, 11) is 5.09. The van der Waals surface area contributed by atoms with Crippen LogP contribution in [0.4, 0.5) is 10.5 Å². The van der Waals surface area contributed by atoms with Crippen molar-refractivity contribution in [1.29, 1.82) is 0 Å². The van der Waals surface area contributed by atoms with Gasteiger partial charge in [0.25, 0.3) is 5.91 Å². The molecule has 4 amide bonds. The topological polar surface area (TPSA) is 111 Å². The summed E-state index contributed by atoms with van der Waals surface area (Å²) in [6, 6.07) is 5.22. The van der Waals surface area contributed by atoms with Crippen LogP contribution in [0.3, 0.4) is 0 Å². The largest absolute Gasteiger partial charge is 0.467 e. The SMILES string of the molecule is COC(=O)C(C)NC(=O)C1CN(C(=O)c2ccc(N(C)C)cc2)CCN1C(=O)NC1CCCCC1. The lowest BCUT2D eigenvalue weighted by Crippen LogP contribution is -2.64. The van der Waals surface area contributed by atoms with Gasteiger partial charge in [0, 0.05) is 44.5 Å². The molecule has 10 heteroatoms. The molecular weight excluding hydrogens is 450 g/mol. The summed E-state index contributed by atoms with van der Waals surface area (Å²) in [5.41, 5.74) is 1.48. The smallest absolute Gasteiger partial charge is 0.328 e. The van der Waals surface area contributed by atoms with Crippen LogP contribution in [0.1, 0.15) is 49.4 Å². The molecule has 35 heavy (non-hydrogen) atoms. The molecule has 10 nitrogen and oxygen atoms in total. The molecule has 0 bridgehead atoms. The molecule has 0 aromatic heterocycles. The molecule has 0 radical (unpaired) electrons. The molecule has 2 unspecified atom stereocenters. The lowest BCUT2D eigenvalue weighted by Gasteiger charge is -2.41. The maximum absolute atomic E-state index is 13.2. The minimum Gasteiger partial charge on any atom is -0.467 e. The van der Waals surface area contributed by atoms with Gasteiger partial charge in [-0.25, -0.2) is 9.59 Å². The fraction of sp³-hybridized carbons (Fsp3) is 0.600. The number of benzene rings is 1. The third-order valence-electron chi connectivity index (χ3n) is 6.71. The third-order valence-corrected chi connectivity index (χ3v) is 6.71. The minimum absolute atomic E-state index is 0.0338. The van der Waals surface area contributed by atoms with Gasteiger partial charge in [-0.15, -0.1) is 0 Å². The molecular formula is C25H37N5O5. The summed E-state index contributed by atoms with van der Waals surface area (Å²) in [6.07, 6.45) is 5.15. The number of piperazine rings is 1. The fourth-order valence-corrected chi connectivity index (χ4v) is 4.57. The highest BCUT2D eigenvalue weighted by molar-refractivity contribution is 5.96. The van der Waals surface area contributed by atoms with E-state index in [2.05, 4.69) is 10.6 Å². The number of nitrogens with one attached hydrogen (secondary N) is 2. The number of methoxy groups -OCH3 is 1. The number of nitrogens with zero attached hydrogens (tertiary/aromatic N) is 3. The Bertz CT molecular complexity index is 913. The zero-order valence-electron chi connectivity index (χ0n) is 21.1. The molecule has 2 aliphatic rings. The van der Waals surface area contributed by atoms with Gasteiger partial charge < -0.3 is 30.1 Å². The molecule has 3 rings (SSSR count). The van der Waals surface area contributed by atoms with E-state index in [1.807, 2.05) is 31.1 Å². The summed E-state index contributed by atoms with van der Waals surface area (Å²) in [5, 5.41) is 5.69. The van der Waals surface area contributed by atoms with Gasteiger partial charge in [0.2, 0.25) is 5.91 Å². The van der Waals surface area contributed by atoms with E-state index in [-0.39, 0.29) is 31.1 Å². The van der Waals surface area contributed by atoms with Crippen LogP contribution in [0.2, 0.25) is 0 Å². The van der Waals surface area contributed by atoms with Crippen LogP contribution in [0.15, 0.2) is 24.3 Å². The minimum atomic E-state index is -0.926. The third kappa shape index (κ3) is 6.64. The molecule has 1 aromatic rings. The summed E-state index contributed by atoms with van der Waals surface area (Å²) >= 11 is 0. The fourth-order valence-electron chi connectivity index (χ4n) is 4.57. The number of rotatable bonds is 6.